The van der Waals surface area contributed by atoms with E-state index in [1.165, 1.54) is 5.56 Å². The van der Waals surface area contributed by atoms with E-state index >= 15 is 0 Å². The zero-order chi connectivity index (χ0) is 20.2. The van der Waals surface area contributed by atoms with E-state index < -0.39 is 0 Å². The number of carbonyl (C=O) groups is 2. The van der Waals surface area contributed by atoms with Crippen LogP contribution in [0, 0.1) is 0 Å². The number of nitrogens with one attached hydrogen (secondary N) is 2. The first kappa shape index (κ1) is 19.5. The predicted octanol–water partition coefficient (Wildman–Crippen LogP) is 4.77. The topological polar surface area (TPSA) is 61.4 Å². The van der Waals surface area contributed by atoms with Crippen LogP contribution in [0.15, 0.2) is 54.6 Å². The van der Waals surface area contributed by atoms with E-state index in [0.29, 0.717) is 23.2 Å². The fraction of sp³-hybridized carbons (Fsp3) is 0.417. The van der Waals surface area contributed by atoms with Crippen molar-refractivity contribution in [2.75, 3.05) is 11.9 Å². The summed E-state index contributed by atoms with van der Waals surface area (Å²) >= 11 is 0. The largest absolute Gasteiger partial charge is 0.335 e. The number of benzene rings is 2. The lowest BCUT2D eigenvalue weighted by molar-refractivity contribution is 0.0714. The third-order valence-electron chi connectivity index (χ3n) is 5.99. The van der Waals surface area contributed by atoms with Crippen molar-refractivity contribution in [3.8, 4) is 0 Å². The summed E-state index contributed by atoms with van der Waals surface area (Å²) < 4.78 is 0. The van der Waals surface area contributed by atoms with Gasteiger partial charge in [0.1, 0.15) is 0 Å². The molecule has 1 heterocycles. The molecule has 0 radical (unpaired) electrons. The minimum Gasteiger partial charge on any atom is -0.335 e. The van der Waals surface area contributed by atoms with Gasteiger partial charge in [0.15, 0.2) is 0 Å². The van der Waals surface area contributed by atoms with Crippen molar-refractivity contribution in [3.63, 3.8) is 0 Å². The highest BCUT2D eigenvalue weighted by atomic mass is 16.2. The van der Waals surface area contributed by atoms with Crippen LogP contribution in [-0.2, 0) is 0 Å². The van der Waals surface area contributed by atoms with Crippen molar-refractivity contribution in [1.29, 1.82) is 0 Å². The van der Waals surface area contributed by atoms with Gasteiger partial charge in [-0.1, -0.05) is 37.3 Å². The molecule has 2 aromatic rings. The summed E-state index contributed by atoms with van der Waals surface area (Å²) in [6.07, 6.45) is 5.21. The van der Waals surface area contributed by atoms with Crippen LogP contribution < -0.4 is 10.6 Å². The summed E-state index contributed by atoms with van der Waals surface area (Å²) in [5.74, 6) is 0.436. The molecule has 0 bridgehead atoms. The van der Waals surface area contributed by atoms with Gasteiger partial charge in [0, 0.05) is 35.8 Å². The maximum Gasteiger partial charge on any atom is 0.319 e. The Balaban J connectivity index is 1.44. The molecule has 5 heteroatoms. The average molecular weight is 392 g/mol. The molecule has 2 aliphatic rings. The zero-order valence-corrected chi connectivity index (χ0v) is 16.9. The minimum atomic E-state index is -0.181. The second kappa shape index (κ2) is 8.68. The maximum absolute atomic E-state index is 13.2. The van der Waals surface area contributed by atoms with Gasteiger partial charge in [-0.25, -0.2) is 4.79 Å². The number of amides is 3. The molecule has 0 aromatic heterocycles. The second-order valence-corrected chi connectivity index (χ2v) is 8.08. The number of urea groups is 1. The molecule has 1 saturated carbocycles. The van der Waals surface area contributed by atoms with Crippen molar-refractivity contribution in [1.82, 2.24) is 10.2 Å². The Bertz CT molecular complexity index is 846. The van der Waals surface area contributed by atoms with Gasteiger partial charge in [-0.05, 0) is 61.9 Å². The van der Waals surface area contributed by atoms with Crippen LogP contribution in [0.4, 0.5) is 10.5 Å². The number of carbonyl (C=O) groups excluding carboxylic acids is 2. The standard InChI is InChI=1S/C24H29N3O2/c1-2-21(17-7-4-3-5-8-17)22-9-6-16-27(22)23(28)18-10-12-19(13-11-18)25-24(29)26-20-14-15-20/h3-5,7-8,10-13,20-22H,2,6,9,14-16H2,1H3,(H2,25,26,29)/t21-,22-/m0/s1. The molecule has 2 atom stereocenters. The Morgan fingerprint density at radius 1 is 1.03 bits per heavy atom. The Kier molecular flexibility index (Phi) is 5.84. The summed E-state index contributed by atoms with van der Waals surface area (Å²) in [6.45, 7) is 3.00. The third kappa shape index (κ3) is 4.61. The monoisotopic (exact) mass is 391 g/mol. The first-order valence-corrected chi connectivity index (χ1v) is 10.7. The van der Waals surface area contributed by atoms with Crippen LogP contribution in [0.5, 0.6) is 0 Å². The van der Waals surface area contributed by atoms with Gasteiger partial charge in [-0.2, -0.15) is 0 Å². The van der Waals surface area contributed by atoms with Crippen LogP contribution in [-0.4, -0.2) is 35.5 Å². The van der Waals surface area contributed by atoms with Gasteiger partial charge in [0.05, 0.1) is 0 Å². The van der Waals surface area contributed by atoms with Gasteiger partial charge >= 0.3 is 6.03 Å². The van der Waals surface area contributed by atoms with Crippen LogP contribution in [0.1, 0.15) is 60.9 Å². The molecule has 0 unspecified atom stereocenters. The van der Waals surface area contributed by atoms with E-state index in [2.05, 4.69) is 41.8 Å². The molecule has 1 aliphatic heterocycles. The van der Waals surface area contributed by atoms with Crippen LogP contribution in [0.2, 0.25) is 0 Å². The number of rotatable bonds is 6. The van der Waals surface area contributed by atoms with E-state index in [4.69, 9.17) is 0 Å². The minimum absolute atomic E-state index is 0.0795. The number of hydrogen-bond acceptors (Lipinski definition) is 2. The summed E-state index contributed by atoms with van der Waals surface area (Å²) in [5, 5.41) is 5.73. The van der Waals surface area contributed by atoms with Crippen molar-refractivity contribution >= 4 is 17.6 Å². The number of anilines is 1. The van der Waals surface area contributed by atoms with Gasteiger partial charge in [0.2, 0.25) is 0 Å². The molecule has 3 amide bonds. The molecule has 2 N–H and O–H groups in total. The molecule has 2 aromatic carbocycles. The number of hydrogen-bond donors (Lipinski definition) is 2. The van der Waals surface area contributed by atoms with Gasteiger partial charge in [-0.3, -0.25) is 4.79 Å². The Morgan fingerprint density at radius 3 is 2.41 bits per heavy atom. The lowest BCUT2D eigenvalue weighted by Crippen LogP contribution is -2.39. The number of likely N-dealkylation sites (tertiary alicyclic amines) is 1. The fourth-order valence-electron chi connectivity index (χ4n) is 4.34. The molecule has 5 nitrogen and oxygen atoms in total. The van der Waals surface area contributed by atoms with E-state index in [-0.39, 0.29) is 18.0 Å². The molecule has 29 heavy (non-hydrogen) atoms. The first-order chi connectivity index (χ1) is 14.2. The van der Waals surface area contributed by atoms with Crippen molar-refractivity contribution in [2.24, 2.45) is 0 Å². The second-order valence-electron chi connectivity index (χ2n) is 8.08. The Labute approximate surface area is 172 Å². The van der Waals surface area contributed by atoms with Gasteiger partial charge in [0.25, 0.3) is 5.91 Å². The Hall–Kier alpha value is -2.82. The highest BCUT2D eigenvalue weighted by Gasteiger charge is 2.35. The van der Waals surface area contributed by atoms with Crippen molar-refractivity contribution < 1.29 is 9.59 Å². The van der Waals surface area contributed by atoms with Crippen molar-refractivity contribution in [2.45, 2.75) is 57.0 Å². The third-order valence-corrected chi connectivity index (χ3v) is 5.99. The normalized spacial score (nSPS) is 19.6. The van der Waals surface area contributed by atoms with Gasteiger partial charge < -0.3 is 15.5 Å². The number of nitrogens with zero attached hydrogens (tertiary/aromatic N) is 1. The zero-order valence-electron chi connectivity index (χ0n) is 16.9. The van der Waals surface area contributed by atoms with E-state index in [0.717, 1.165) is 38.6 Å². The first-order valence-electron chi connectivity index (χ1n) is 10.7. The molecular weight excluding hydrogens is 362 g/mol. The van der Waals surface area contributed by atoms with E-state index in [1.807, 2.05) is 23.1 Å². The van der Waals surface area contributed by atoms with E-state index in [9.17, 15) is 9.59 Å². The summed E-state index contributed by atoms with van der Waals surface area (Å²) in [6, 6.07) is 18.1. The molecular formula is C24H29N3O2. The smallest absolute Gasteiger partial charge is 0.319 e. The van der Waals surface area contributed by atoms with E-state index in [1.54, 1.807) is 12.1 Å². The van der Waals surface area contributed by atoms with Crippen LogP contribution in [0.25, 0.3) is 0 Å². The lowest BCUT2D eigenvalue weighted by Gasteiger charge is -2.32. The lowest BCUT2D eigenvalue weighted by atomic mass is 9.87. The van der Waals surface area contributed by atoms with Crippen molar-refractivity contribution in [3.05, 3.63) is 65.7 Å². The highest BCUT2D eigenvalue weighted by molar-refractivity contribution is 5.96. The summed E-state index contributed by atoms with van der Waals surface area (Å²) in [5.41, 5.74) is 2.68. The SMILES string of the molecule is CC[C@@H](c1ccccc1)[C@@H]1CCCN1C(=O)c1ccc(NC(=O)NC2CC2)cc1. The van der Waals surface area contributed by atoms with Crippen LogP contribution in [0.3, 0.4) is 0 Å². The average Bonchev–Trinajstić information content (AvgIpc) is 3.42. The van der Waals surface area contributed by atoms with Gasteiger partial charge in [-0.15, -0.1) is 0 Å². The summed E-state index contributed by atoms with van der Waals surface area (Å²) in [4.78, 5) is 27.1. The molecule has 2 fully saturated rings. The molecule has 4 rings (SSSR count). The van der Waals surface area contributed by atoms with Crippen LogP contribution >= 0.6 is 0 Å². The molecule has 152 valence electrons. The molecule has 1 aliphatic carbocycles. The molecule has 1 saturated heterocycles. The quantitative estimate of drug-likeness (QED) is 0.745. The molecule has 0 spiro atoms. The predicted molar refractivity (Wildman–Crippen MR) is 115 cm³/mol. The maximum atomic E-state index is 13.2. The Morgan fingerprint density at radius 2 is 1.76 bits per heavy atom. The fourth-order valence-corrected chi connectivity index (χ4v) is 4.34. The summed E-state index contributed by atoms with van der Waals surface area (Å²) in [7, 11) is 0. The highest BCUT2D eigenvalue weighted by Crippen LogP contribution is 2.34.